The number of hydrogen-bond acceptors (Lipinski definition) is 1. The molecule has 1 nitrogen and oxygen atoms in total. The van der Waals surface area contributed by atoms with Crippen LogP contribution in [0.2, 0.25) is 0 Å². The van der Waals surface area contributed by atoms with Crippen LogP contribution >= 0.6 is 11.6 Å². The average molecular weight is 240 g/mol. The second-order valence-electron chi connectivity index (χ2n) is 4.52. The average Bonchev–Trinajstić information content (AvgIpc) is 2.31. The quantitative estimate of drug-likeness (QED) is 0.717. The number of nitrogens with one attached hydrogen (secondary N) is 1. The molecule has 1 aromatic carbocycles. The molecular weight excluding hydrogens is 218 g/mol. The minimum absolute atomic E-state index is 0.191. The van der Waals surface area contributed by atoms with Crippen LogP contribution in [0.4, 0.5) is 0 Å². The van der Waals surface area contributed by atoms with Gasteiger partial charge in [0, 0.05) is 11.4 Å². The highest BCUT2D eigenvalue weighted by atomic mass is 35.5. The van der Waals surface area contributed by atoms with Crippen molar-refractivity contribution in [3.05, 3.63) is 35.9 Å². The molecule has 0 amide bonds. The monoisotopic (exact) mass is 239 g/mol. The third kappa shape index (κ3) is 4.54. The van der Waals surface area contributed by atoms with Crippen molar-refractivity contribution in [2.45, 2.75) is 38.6 Å². The van der Waals surface area contributed by atoms with Crippen LogP contribution in [0, 0.1) is 0 Å². The molecule has 0 radical (unpaired) electrons. The minimum Gasteiger partial charge on any atom is -0.311 e. The van der Waals surface area contributed by atoms with E-state index < -0.39 is 0 Å². The van der Waals surface area contributed by atoms with Gasteiger partial charge in [0.2, 0.25) is 0 Å². The molecule has 0 aliphatic heterocycles. The van der Waals surface area contributed by atoms with Crippen molar-refractivity contribution in [2.75, 3.05) is 12.4 Å². The molecule has 0 aromatic heterocycles. The van der Waals surface area contributed by atoms with Crippen LogP contribution in [-0.4, -0.2) is 18.0 Å². The van der Waals surface area contributed by atoms with E-state index in [1.165, 1.54) is 5.56 Å². The molecule has 0 saturated heterocycles. The Hall–Kier alpha value is -0.530. The number of rotatable bonds is 7. The van der Waals surface area contributed by atoms with Crippen LogP contribution in [0.15, 0.2) is 30.3 Å². The summed E-state index contributed by atoms with van der Waals surface area (Å²) >= 11 is 5.82. The molecule has 0 heterocycles. The summed E-state index contributed by atoms with van der Waals surface area (Å²) in [6.07, 6.45) is 3.23. The van der Waals surface area contributed by atoms with Gasteiger partial charge in [-0.05, 0) is 38.3 Å². The lowest BCUT2D eigenvalue weighted by Crippen LogP contribution is -2.43. The van der Waals surface area contributed by atoms with Crippen molar-refractivity contribution in [2.24, 2.45) is 0 Å². The zero-order valence-corrected chi connectivity index (χ0v) is 11.1. The minimum atomic E-state index is 0.191. The Bertz CT molecular complexity index is 286. The Morgan fingerprint density at radius 3 is 2.50 bits per heavy atom. The lowest BCUT2D eigenvalue weighted by Gasteiger charge is -2.29. The second-order valence-corrected chi connectivity index (χ2v) is 4.89. The highest BCUT2D eigenvalue weighted by Crippen LogP contribution is 2.15. The summed E-state index contributed by atoms with van der Waals surface area (Å²) in [5, 5.41) is 3.61. The first-order valence-electron chi connectivity index (χ1n) is 6.05. The molecule has 0 aliphatic carbocycles. The molecule has 16 heavy (non-hydrogen) atoms. The molecule has 1 aromatic rings. The predicted molar refractivity (Wildman–Crippen MR) is 72.2 cm³/mol. The van der Waals surface area contributed by atoms with E-state index in [0.29, 0.717) is 0 Å². The van der Waals surface area contributed by atoms with Crippen molar-refractivity contribution in [3.8, 4) is 0 Å². The van der Waals surface area contributed by atoms with Gasteiger partial charge in [0.25, 0.3) is 0 Å². The molecule has 1 rings (SSSR count). The van der Waals surface area contributed by atoms with Crippen molar-refractivity contribution in [1.29, 1.82) is 0 Å². The van der Waals surface area contributed by atoms with E-state index in [0.717, 1.165) is 31.7 Å². The van der Waals surface area contributed by atoms with Crippen LogP contribution in [0.3, 0.4) is 0 Å². The van der Waals surface area contributed by atoms with E-state index >= 15 is 0 Å². The van der Waals surface area contributed by atoms with E-state index in [2.05, 4.69) is 49.5 Å². The van der Waals surface area contributed by atoms with E-state index in [9.17, 15) is 0 Å². The maximum atomic E-state index is 5.82. The van der Waals surface area contributed by atoms with Gasteiger partial charge in [-0.15, -0.1) is 11.6 Å². The molecule has 0 spiro atoms. The van der Waals surface area contributed by atoms with Crippen molar-refractivity contribution in [1.82, 2.24) is 5.32 Å². The summed E-state index contributed by atoms with van der Waals surface area (Å²) < 4.78 is 0. The van der Waals surface area contributed by atoms with Gasteiger partial charge < -0.3 is 5.32 Å². The maximum Gasteiger partial charge on any atom is 0.0240 e. The summed E-state index contributed by atoms with van der Waals surface area (Å²) in [6.45, 7) is 5.48. The SMILES string of the molecule is CCC(C)(CCCl)NCCc1ccccc1. The maximum absolute atomic E-state index is 5.82. The Morgan fingerprint density at radius 1 is 1.25 bits per heavy atom. The Labute approximate surface area is 104 Å². The van der Waals surface area contributed by atoms with Gasteiger partial charge in [-0.1, -0.05) is 37.3 Å². The Balaban J connectivity index is 2.34. The normalized spacial score (nSPS) is 14.7. The highest BCUT2D eigenvalue weighted by molar-refractivity contribution is 6.17. The van der Waals surface area contributed by atoms with Crippen molar-refractivity contribution >= 4 is 11.6 Å². The van der Waals surface area contributed by atoms with Crippen LogP contribution in [0.5, 0.6) is 0 Å². The van der Waals surface area contributed by atoms with Gasteiger partial charge in [0.05, 0.1) is 0 Å². The summed E-state index contributed by atoms with van der Waals surface area (Å²) in [6, 6.07) is 10.6. The number of hydrogen-bond donors (Lipinski definition) is 1. The summed E-state index contributed by atoms with van der Waals surface area (Å²) in [5.74, 6) is 0.725. The van der Waals surface area contributed by atoms with Gasteiger partial charge in [-0.3, -0.25) is 0 Å². The lowest BCUT2D eigenvalue weighted by atomic mass is 9.95. The summed E-state index contributed by atoms with van der Waals surface area (Å²) in [7, 11) is 0. The molecule has 1 N–H and O–H groups in total. The standard InChI is InChI=1S/C14H22ClN/c1-3-14(2,10-11-15)16-12-9-13-7-5-4-6-8-13/h4-8,16H,3,9-12H2,1-2H3. The van der Waals surface area contributed by atoms with Gasteiger partial charge in [-0.2, -0.15) is 0 Å². The largest absolute Gasteiger partial charge is 0.311 e. The van der Waals surface area contributed by atoms with Crippen LogP contribution in [-0.2, 0) is 6.42 Å². The topological polar surface area (TPSA) is 12.0 Å². The molecule has 0 saturated carbocycles. The fourth-order valence-electron chi connectivity index (χ4n) is 1.75. The van der Waals surface area contributed by atoms with Crippen LogP contribution in [0.1, 0.15) is 32.3 Å². The molecule has 2 heteroatoms. The fraction of sp³-hybridized carbons (Fsp3) is 0.571. The third-order valence-corrected chi connectivity index (χ3v) is 3.42. The van der Waals surface area contributed by atoms with Crippen molar-refractivity contribution < 1.29 is 0 Å². The first kappa shape index (κ1) is 13.5. The number of alkyl halides is 1. The zero-order chi connectivity index (χ0) is 11.9. The molecule has 1 unspecified atom stereocenters. The van der Waals surface area contributed by atoms with Gasteiger partial charge >= 0.3 is 0 Å². The third-order valence-electron chi connectivity index (χ3n) is 3.23. The molecular formula is C14H22ClN. The lowest BCUT2D eigenvalue weighted by molar-refractivity contribution is 0.336. The molecule has 1 atom stereocenters. The molecule has 0 bridgehead atoms. The molecule has 90 valence electrons. The Morgan fingerprint density at radius 2 is 1.94 bits per heavy atom. The van der Waals surface area contributed by atoms with E-state index in [-0.39, 0.29) is 5.54 Å². The molecule has 0 aliphatic rings. The summed E-state index contributed by atoms with van der Waals surface area (Å²) in [4.78, 5) is 0. The first-order chi connectivity index (χ1) is 7.70. The zero-order valence-electron chi connectivity index (χ0n) is 10.3. The van der Waals surface area contributed by atoms with Crippen molar-refractivity contribution in [3.63, 3.8) is 0 Å². The van der Waals surface area contributed by atoms with Gasteiger partial charge in [0.1, 0.15) is 0 Å². The van der Waals surface area contributed by atoms with E-state index in [1.807, 2.05) is 0 Å². The van der Waals surface area contributed by atoms with Crippen LogP contribution < -0.4 is 5.32 Å². The highest BCUT2D eigenvalue weighted by Gasteiger charge is 2.19. The number of halogens is 1. The van der Waals surface area contributed by atoms with Gasteiger partial charge in [0.15, 0.2) is 0 Å². The van der Waals surface area contributed by atoms with E-state index in [4.69, 9.17) is 11.6 Å². The predicted octanol–water partition coefficient (Wildman–Crippen LogP) is 3.62. The van der Waals surface area contributed by atoms with Gasteiger partial charge in [-0.25, -0.2) is 0 Å². The Kier molecular flexibility index (Phi) is 5.86. The fourth-order valence-corrected chi connectivity index (χ4v) is 2.17. The van der Waals surface area contributed by atoms with Crippen LogP contribution in [0.25, 0.3) is 0 Å². The first-order valence-corrected chi connectivity index (χ1v) is 6.58. The smallest absolute Gasteiger partial charge is 0.0240 e. The molecule has 0 fully saturated rings. The number of benzene rings is 1. The second kappa shape index (κ2) is 6.93. The summed E-state index contributed by atoms with van der Waals surface area (Å²) in [5.41, 5.74) is 1.58. The van der Waals surface area contributed by atoms with E-state index in [1.54, 1.807) is 0 Å².